The summed E-state index contributed by atoms with van der Waals surface area (Å²) in [4.78, 5) is 15.5. The highest BCUT2D eigenvalue weighted by Gasteiger charge is 2.25. The number of β-amino-alcohol motifs (C(OH)–C–C–N with tert-alkyl or cyclic N) is 1. The molecule has 7 heteroatoms. The maximum absolute atomic E-state index is 10.4. The van der Waals surface area contributed by atoms with E-state index in [0.29, 0.717) is 0 Å². The topological polar surface area (TPSA) is 65.0 Å². The van der Waals surface area contributed by atoms with E-state index in [1.54, 1.807) is 12.4 Å². The minimum absolute atomic E-state index is 0.246. The molecule has 24 heavy (non-hydrogen) atoms. The molecule has 7 nitrogen and oxygen atoms in total. The Morgan fingerprint density at radius 3 is 2.25 bits per heavy atom. The summed E-state index contributed by atoms with van der Waals surface area (Å²) in [7, 11) is 0. The van der Waals surface area contributed by atoms with Gasteiger partial charge in [-0.25, -0.2) is 9.97 Å². The van der Waals surface area contributed by atoms with Gasteiger partial charge in [-0.05, 0) is 19.9 Å². The fourth-order valence-electron chi connectivity index (χ4n) is 3.67. The number of hydrogen-bond donors (Lipinski definition) is 1. The van der Waals surface area contributed by atoms with E-state index in [4.69, 9.17) is 4.74 Å². The van der Waals surface area contributed by atoms with Crippen molar-refractivity contribution >= 4 is 5.95 Å². The summed E-state index contributed by atoms with van der Waals surface area (Å²) in [6.45, 7) is 11.1. The highest BCUT2D eigenvalue weighted by molar-refractivity contribution is 5.29. The molecule has 0 aromatic carbocycles. The Bertz CT molecular complexity index is 485. The third-order valence-corrected chi connectivity index (χ3v) is 4.64. The van der Waals surface area contributed by atoms with Crippen LogP contribution in [0.1, 0.15) is 13.8 Å². The minimum atomic E-state index is -0.318. The van der Waals surface area contributed by atoms with Crippen LogP contribution in [0.15, 0.2) is 18.5 Å². The summed E-state index contributed by atoms with van der Waals surface area (Å²) in [5, 5.41) is 10.4. The van der Waals surface area contributed by atoms with Crippen LogP contribution in [-0.4, -0.2) is 95.5 Å². The monoisotopic (exact) mass is 335 g/mol. The molecular weight excluding hydrogens is 306 g/mol. The molecule has 0 amide bonds. The summed E-state index contributed by atoms with van der Waals surface area (Å²) in [6, 6.07) is 1.84. The first-order valence-electron chi connectivity index (χ1n) is 8.90. The number of aromatic nitrogens is 2. The SMILES string of the molecule is C[C@@H]1CN(C[C@H](O)CN2CCN(c3ncccn3)CC2)C[C@@H](C)O1. The predicted octanol–water partition coefficient (Wildman–Crippen LogP) is 0.0687. The number of anilines is 1. The molecule has 2 saturated heterocycles. The number of aliphatic hydroxyl groups excluding tert-OH is 1. The van der Waals surface area contributed by atoms with E-state index in [-0.39, 0.29) is 18.3 Å². The molecule has 0 saturated carbocycles. The van der Waals surface area contributed by atoms with Gasteiger partial charge >= 0.3 is 0 Å². The van der Waals surface area contributed by atoms with Crippen molar-refractivity contribution in [1.29, 1.82) is 0 Å². The molecule has 2 fully saturated rings. The molecule has 3 rings (SSSR count). The van der Waals surface area contributed by atoms with Gasteiger partial charge in [0.2, 0.25) is 5.95 Å². The number of hydrogen-bond acceptors (Lipinski definition) is 7. The molecule has 2 aliphatic rings. The largest absolute Gasteiger partial charge is 0.390 e. The van der Waals surface area contributed by atoms with Gasteiger partial charge in [0.25, 0.3) is 0 Å². The van der Waals surface area contributed by atoms with Gasteiger partial charge in [0.15, 0.2) is 0 Å². The van der Waals surface area contributed by atoms with E-state index in [1.165, 1.54) is 0 Å². The zero-order valence-electron chi connectivity index (χ0n) is 14.7. The number of piperazine rings is 1. The Kier molecular flexibility index (Phi) is 5.99. The summed E-state index contributed by atoms with van der Waals surface area (Å²) in [6.07, 6.45) is 3.73. The van der Waals surface area contributed by atoms with Crippen LogP contribution in [0, 0.1) is 0 Å². The second-order valence-corrected chi connectivity index (χ2v) is 6.97. The summed E-state index contributed by atoms with van der Waals surface area (Å²) in [5.74, 6) is 0.800. The van der Waals surface area contributed by atoms with E-state index < -0.39 is 0 Å². The van der Waals surface area contributed by atoms with Gasteiger partial charge in [-0.2, -0.15) is 0 Å². The van der Waals surface area contributed by atoms with Gasteiger partial charge in [0, 0.05) is 64.8 Å². The second kappa shape index (κ2) is 8.20. The summed E-state index contributed by atoms with van der Waals surface area (Å²) < 4.78 is 5.75. The number of morpholine rings is 1. The first kappa shape index (κ1) is 17.5. The van der Waals surface area contributed by atoms with Crippen molar-refractivity contribution in [3.8, 4) is 0 Å². The highest BCUT2D eigenvalue weighted by atomic mass is 16.5. The number of nitrogens with zero attached hydrogens (tertiary/aromatic N) is 5. The smallest absolute Gasteiger partial charge is 0.225 e. The van der Waals surface area contributed by atoms with Crippen molar-refractivity contribution < 1.29 is 9.84 Å². The normalized spacial score (nSPS) is 28.0. The molecule has 0 aliphatic carbocycles. The van der Waals surface area contributed by atoms with Gasteiger partial charge in [-0.3, -0.25) is 9.80 Å². The zero-order valence-corrected chi connectivity index (χ0v) is 14.7. The van der Waals surface area contributed by atoms with Crippen LogP contribution >= 0.6 is 0 Å². The first-order chi connectivity index (χ1) is 11.6. The summed E-state index contributed by atoms with van der Waals surface area (Å²) in [5.41, 5.74) is 0. The quantitative estimate of drug-likeness (QED) is 0.817. The minimum Gasteiger partial charge on any atom is -0.390 e. The van der Waals surface area contributed by atoms with E-state index in [2.05, 4.69) is 38.5 Å². The Labute approximate surface area is 144 Å². The molecule has 2 aliphatic heterocycles. The second-order valence-electron chi connectivity index (χ2n) is 6.97. The van der Waals surface area contributed by atoms with Gasteiger partial charge in [-0.1, -0.05) is 0 Å². The molecular formula is C17H29N5O2. The third-order valence-electron chi connectivity index (χ3n) is 4.64. The Hall–Kier alpha value is -1.28. The van der Waals surface area contributed by atoms with Crippen molar-refractivity contribution in [2.45, 2.75) is 32.2 Å². The van der Waals surface area contributed by atoms with Crippen LogP contribution in [0.2, 0.25) is 0 Å². The lowest BCUT2D eigenvalue weighted by Gasteiger charge is -2.38. The van der Waals surface area contributed by atoms with Crippen LogP contribution in [0.4, 0.5) is 5.95 Å². The Balaban J connectivity index is 1.41. The fourth-order valence-corrected chi connectivity index (χ4v) is 3.67. The molecule has 1 aromatic rings. The Morgan fingerprint density at radius 1 is 1.04 bits per heavy atom. The van der Waals surface area contributed by atoms with Crippen molar-refractivity contribution in [3.63, 3.8) is 0 Å². The van der Waals surface area contributed by atoms with Crippen molar-refractivity contribution in [2.24, 2.45) is 0 Å². The third kappa shape index (κ3) is 4.86. The summed E-state index contributed by atoms with van der Waals surface area (Å²) >= 11 is 0. The molecule has 0 spiro atoms. The Morgan fingerprint density at radius 2 is 1.62 bits per heavy atom. The van der Waals surface area contributed by atoms with Gasteiger partial charge < -0.3 is 14.7 Å². The van der Waals surface area contributed by atoms with E-state index in [0.717, 1.165) is 58.3 Å². The molecule has 3 heterocycles. The molecule has 0 unspecified atom stereocenters. The maximum atomic E-state index is 10.4. The standard InChI is InChI=1S/C17H29N5O2/c1-14-10-21(11-15(2)24-14)13-16(23)12-20-6-8-22(9-7-20)17-18-4-3-5-19-17/h3-5,14-16,23H,6-13H2,1-2H3/t14-,15-,16-/m1/s1. The number of aliphatic hydroxyl groups is 1. The van der Waals surface area contributed by atoms with E-state index in [1.807, 2.05) is 6.07 Å². The van der Waals surface area contributed by atoms with Crippen molar-refractivity contribution in [2.75, 3.05) is 57.3 Å². The lowest BCUT2D eigenvalue weighted by molar-refractivity contribution is -0.0780. The van der Waals surface area contributed by atoms with Gasteiger partial charge in [0.05, 0.1) is 18.3 Å². The molecule has 1 aromatic heterocycles. The number of rotatable bonds is 5. The van der Waals surface area contributed by atoms with Crippen molar-refractivity contribution in [3.05, 3.63) is 18.5 Å². The number of ether oxygens (including phenoxy) is 1. The first-order valence-corrected chi connectivity index (χ1v) is 8.90. The fraction of sp³-hybridized carbons (Fsp3) is 0.765. The molecule has 0 radical (unpaired) electrons. The van der Waals surface area contributed by atoms with Gasteiger partial charge in [-0.15, -0.1) is 0 Å². The zero-order chi connectivity index (χ0) is 16.9. The van der Waals surface area contributed by atoms with Crippen LogP contribution in [-0.2, 0) is 4.74 Å². The maximum Gasteiger partial charge on any atom is 0.225 e. The van der Waals surface area contributed by atoms with Crippen molar-refractivity contribution in [1.82, 2.24) is 19.8 Å². The molecule has 134 valence electrons. The van der Waals surface area contributed by atoms with Crippen LogP contribution < -0.4 is 4.90 Å². The molecule has 3 atom stereocenters. The van der Waals surface area contributed by atoms with Crippen LogP contribution in [0.3, 0.4) is 0 Å². The average Bonchev–Trinajstić information content (AvgIpc) is 2.55. The van der Waals surface area contributed by atoms with Crippen LogP contribution in [0.5, 0.6) is 0 Å². The van der Waals surface area contributed by atoms with E-state index >= 15 is 0 Å². The predicted molar refractivity (Wildman–Crippen MR) is 93.1 cm³/mol. The van der Waals surface area contributed by atoms with Gasteiger partial charge in [0.1, 0.15) is 0 Å². The molecule has 0 bridgehead atoms. The molecule has 1 N–H and O–H groups in total. The average molecular weight is 335 g/mol. The lowest BCUT2D eigenvalue weighted by atomic mass is 10.2. The lowest BCUT2D eigenvalue weighted by Crippen LogP contribution is -2.52. The van der Waals surface area contributed by atoms with Crippen LogP contribution in [0.25, 0.3) is 0 Å². The van der Waals surface area contributed by atoms with E-state index in [9.17, 15) is 5.11 Å². The highest BCUT2D eigenvalue weighted by Crippen LogP contribution is 2.13.